The van der Waals surface area contributed by atoms with Crippen molar-refractivity contribution in [2.24, 2.45) is 5.73 Å². The molecule has 0 saturated heterocycles. The molecule has 11 heavy (non-hydrogen) atoms. The quantitative estimate of drug-likeness (QED) is 0.598. The van der Waals surface area contributed by atoms with Gasteiger partial charge >= 0.3 is 5.97 Å². The van der Waals surface area contributed by atoms with E-state index in [2.05, 4.69) is 0 Å². The zero-order chi connectivity index (χ0) is 9.28. The molecule has 0 aliphatic heterocycles. The van der Waals surface area contributed by atoms with E-state index in [-0.39, 0.29) is 0 Å². The second-order valence-electron chi connectivity index (χ2n) is 2.01. The average molecular weight is 159 g/mol. The molecule has 0 heterocycles. The number of nitrogens with two attached hydrogens (primary N) is 1. The maximum absolute atomic E-state index is 10.0. The minimum atomic E-state index is -0.827. The fourth-order valence-corrected chi connectivity index (χ4v) is 0.393. The van der Waals surface area contributed by atoms with Gasteiger partial charge in [-0.2, -0.15) is 0 Å². The number of aliphatic carboxylic acids is 1. The van der Waals surface area contributed by atoms with Crippen LogP contribution in [0.2, 0.25) is 0 Å². The fraction of sp³-hybridized carbons (Fsp3) is 0.625. The smallest absolute Gasteiger partial charge is 0.330 e. The van der Waals surface area contributed by atoms with Gasteiger partial charge in [0.1, 0.15) is 0 Å². The standard InChI is InChI=1S/C6H10O2.C2H7N/c1-3-4-5(2)6(7)8;1-2-3/h4H,3H2,1-2H3,(H,7,8);2-3H2,1H3/b5-4+;. The van der Waals surface area contributed by atoms with Crippen LogP contribution >= 0.6 is 0 Å². The molecule has 3 N–H and O–H groups in total. The summed E-state index contributed by atoms with van der Waals surface area (Å²) in [7, 11) is 0. The molecule has 0 bridgehead atoms. The molecule has 0 saturated carbocycles. The molecule has 0 aromatic rings. The van der Waals surface area contributed by atoms with Crippen LogP contribution in [-0.4, -0.2) is 17.6 Å². The topological polar surface area (TPSA) is 63.3 Å². The Balaban J connectivity index is 0. The Kier molecular flexibility index (Phi) is 10.7. The molecule has 0 atom stereocenters. The van der Waals surface area contributed by atoms with Crippen molar-refractivity contribution >= 4 is 5.97 Å². The third kappa shape index (κ3) is 12.4. The molecule has 0 aliphatic rings. The van der Waals surface area contributed by atoms with Crippen LogP contribution in [0, 0.1) is 0 Å². The van der Waals surface area contributed by atoms with E-state index in [1.165, 1.54) is 0 Å². The molecule has 0 radical (unpaired) electrons. The van der Waals surface area contributed by atoms with Crippen LogP contribution in [0.4, 0.5) is 0 Å². The second-order valence-corrected chi connectivity index (χ2v) is 2.01. The fourth-order valence-electron chi connectivity index (χ4n) is 0.393. The Morgan fingerprint density at radius 1 is 1.55 bits per heavy atom. The first kappa shape index (κ1) is 12.8. The summed E-state index contributed by atoms with van der Waals surface area (Å²) >= 11 is 0. The molecule has 0 amide bonds. The van der Waals surface area contributed by atoms with E-state index >= 15 is 0 Å². The summed E-state index contributed by atoms with van der Waals surface area (Å²) in [6.45, 7) is 6.15. The van der Waals surface area contributed by atoms with Gasteiger partial charge in [-0.3, -0.25) is 0 Å². The van der Waals surface area contributed by atoms with E-state index in [0.717, 1.165) is 13.0 Å². The minimum Gasteiger partial charge on any atom is -0.478 e. The van der Waals surface area contributed by atoms with Crippen LogP contribution in [0.3, 0.4) is 0 Å². The summed E-state index contributed by atoms with van der Waals surface area (Å²) in [5.74, 6) is -0.827. The molecule has 3 heteroatoms. The highest BCUT2D eigenvalue weighted by Crippen LogP contribution is 1.92. The Morgan fingerprint density at radius 2 is 1.91 bits per heavy atom. The summed E-state index contributed by atoms with van der Waals surface area (Å²) in [6.07, 6.45) is 2.47. The number of allylic oxidation sites excluding steroid dienone is 1. The third-order valence-electron chi connectivity index (χ3n) is 0.848. The Morgan fingerprint density at radius 3 is 2.00 bits per heavy atom. The van der Waals surface area contributed by atoms with Crippen LogP contribution < -0.4 is 5.73 Å². The molecular weight excluding hydrogens is 142 g/mol. The molecule has 66 valence electrons. The summed E-state index contributed by atoms with van der Waals surface area (Å²) in [5.41, 5.74) is 5.27. The van der Waals surface area contributed by atoms with E-state index in [4.69, 9.17) is 10.8 Å². The monoisotopic (exact) mass is 159 g/mol. The molecule has 0 rings (SSSR count). The van der Waals surface area contributed by atoms with Gasteiger partial charge in [0.15, 0.2) is 0 Å². The molecule has 0 aromatic heterocycles. The van der Waals surface area contributed by atoms with Crippen LogP contribution in [0.1, 0.15) is 27.2 Å². The van der Waals surface area contributed by atoms with Gasteiger partial charge in [-0.05, 0) is 19.9 Å². The Bertz CT molecular complexity index is 130. The van der Waals surface area contributed by atoms with Crippen molar-refractivity contribution in [2.45, 2.75) is 27.2 Å². The van der Waals surface area contributed by atoms with E-state index in [0.29, 0.717) is 5.57 Å². The number of hydrogen-bond donors (Lipinski definition) is 2. The summed E-state index contributed by atoms with van der Waals surface area (Å²) in [6, 6.07) is 0. The first-order valence-electron chi connectivity index (χ1n) is 3.70. The highest BCUT2D eigenvalue weighted by atomic mass is 16.4. The first-order chi connectivity index (χ1) is 5.09. The molecule has 0 fully saturated rings. The van der Waals surface area contributed by atoms with Gasteiger partial charge in [0.2, 0.25) is 0 Å². The lowest BCUT2D eigenvalue weighted by atomic mass is 10.2. The minimum absolute atomic E-state index is 0.424. The zero-order valence-corrected chi connectivity index (χ0v) is 7.42. The van der Waals surface area contributed by atoms with Gasteiger partial charge < -0.3 is 10.8 Å². The van der Waals surface area contributed by atoms with Crippen molar-refractivity contribution in [1.82, 2.24) is 0 Å². The van der Waals surface area contributed by atoms with Crippen molar-refractivity contribution in [3.05, 3.63) is 11.6 Å². The maximum atomic E-state index is 10.0. The summed E-state index contributed by atoms with van der Waals surface area (Å²) < 4.78 is 0. The largest absolute Gasteiger partial charge is 0.478 e. The lowest BCUT2D eigenvalue weighted by molar-refractivity contribution is -0.132. The SMILES string of the molecule is CC/C=C(\C)C(=O)O.CCN. The van der Waals surface area contributed by atoms with Crippen molar-refractivity contribution < 1.29 is 9.90 Å². The van der Waals surface area contributed by atoms with E-state index < -0.39 is 5.97 Å². The van der Waals surface area contributed by atoms with Crippen molar-refractivity contribution in [2.75, 3.05) is 6.54 Å². The maximum Gasteiger partial charge on any atom is 0.330 e. The lowest BCUT2D eigenvalue weighted by Gasteiger charge is -1.87. The molecule has 0 aromatic carbocycles. The molecular formula is C8H17NO2. The van der Waals surface area contributed by atoms with Gasteiger partial charge in [0.05, 0.1) is 0 Å². The summed E-state index contributed by atoms with van der Waals surface area (Å²) in [5, 5.41) is 8.24. The summed E-state index contributed by atoms with van der Waals surface area (Å²) in [4.78, 5) is 10.0. The predicted octanol–water partition coefficient (Wildman–Crippen LogP) is 1.39. The van der Waals surface area contributed by atoms with E-state index in [9.17, 15) is 4.79 Å². The van der Waals surface area contributed by atoms with Crippen LogP contribution in [-0.2, 0) is 4.79 Å². The van der Waals surface area contributed by atoms with Gasteiger partial charge in [-0.1, -0.05) is 19.9 Å². The molecule has 3 nitrogen and oxygen atoms in total. The van der Waals surface area contributed by atoms with Crippen molar-refractivity contribution in [3.63, 3.8) is 0 Å². The van der Waals surface area contributed by atoms with Gasteiger partial charge in [0, 0.05) is 5.57 Å². The number of carboxylic acid groups (broad SMARTS) is 1. The van der Waals surface area contributed by atoms with Gasteiger partial charge in [0.25, 0.3) is 0 Å². The molecule has 0 aliphatic carbocycles. The molecule has 0 spiro atoms. The van der Waals surface area contributed by atoms with E-state index in [1.54, 1.807) is 13.0 Å². The predicted molar refractivity (Wildman–Crippen MR) is 46.4 cm³/mol. The average Bonchev–Trinajstić information content (AvgIpc) is 1.90. The van der Waals surface area contributed by atoms with Crippen LogP contribution in [0.25, 0.3) is 0 Å². The van der Waals surface area contributed by atoms with Gasteiger partial charge in [-0.15, -0.1) is 0 Å². The Hall–Kier alpha value is -0.830. The second kappa shape index (κ2) is 9.17. The number of rotatable bonds is 2. The van der Waals surface area contributed by atoms with Crippen molar-refractivity contribution in [1.29, 1.82) is 0 Å². The number of carbonyl (C=O) groups is 1. The highest BCUT2D eigenvalue weighted by Gasteiger charge is 1.94. The zero-order valence-electron chi connectivity index (χ0n) is 7.42. The number of hydrogen-bond acceptors (Lipinski definition) is 2. The molecule has 0 unspecified atom stereocenters. The van der Waals surface area contributed by atoms with Gasteiger partial charge in [-0.25, -0.2) is 4.79 Å². The lowest BCUT2D eigenvalue weighted by Crippen LogP contribution is -1.94. The van der Waals surface area contributed by atoms with Crippen LogP contribution in [0.15, 0.2) is 11.6 Å². The number of carboxylic acids is 1. The normalized spacial score (nSPS) is 10.0. The third-order valence-corrected chi connectivity index (χ3v) is 0.848. The first-order valence-corrected chi connectivity index (χ1v) is 3.70. The van der Waals surface area contributed by atoms with Crippen LogP contribution in [0.5, 0.6) is 0 Å². The highest BCUT2D eigenvalue weighted by molar-refractivity contribution is 5.85. The van der Waals surface area contributed by atoms with E-state index in [1.807, 2.05) is 13.8 Å². The van der Waals surface area contributed by atoms with Crippen molar-refractivity contribution in [3.8, 4) is 0 Å². The Labute approximate surface area is 67.9 Å².